The van der Waals surface area contributed by atoms with Gasteiger partial charge in [-0.3, -0.25) is 14.6 Å². The molecule has 0 saturated carbocycles. The lowest BCUT2D eigenvalue weighted by molar-refractivity contribution is 0.0919. The first-order chi connectivity index (χ1) is 8.69. The van der Waals surface area contributed by atoms with Gasteiger partial charge in [-0.2, -0.15) is 0 Å². The van der Waals surface area contributed by atoms with Crippen molar-refractivity contribution in [2.45, 2.75) is 46.2 Å². The smallest absolute Gasteiger partial charge is 0.270 e. The normalized spacial score (nSPS) is 11.3. The molecule has 0 unspecified atom stereocenters. The van der Waals surface area contributed by atoms with Crippen LogP contribution in [0.3, 0.4) is 0 Å². The van der Waals surface area contributed by atoms with Crippen molar-refractivity contribution in [2.75, 3.05) is 0 Å². The van der Waals surface area contributed by atoms with E-state index in [9.17, 15) is 9.59 Å². The Hall–Kier alpha value is -1.91. The number of hydrogen-bond donors (Lipinski definition) is 2. The van der Waals surface area contributed by atoms with E-state index in [0.29, 0.717) is 5.56 Å². The summed E-state index contributed by atoms with van der Waals surface area (Å²) in [4.78, 5) is 27.8. The van der Waals surface area contributed by atoms with Crippen LogP contribution in [0.1, 0.15) is 55.5 Å². The van der Waals surface area contributed by atoms with Crippen LogP contribution >= 0.6 is 0 Å². The Morgan fingerprint density at radius 2 is 1.84 bits per heavy atom. The summed E-state index contributed by atoms with van der Waals surface area (Å²) in [5.41, 5.74) is 0.356. The zero-order valence-electron chi connectivity index (χ0n) is 12.1. The zero-order chi connectivity index (χ0) is 14.6. The molecule has 104 valence electrons. The van der Waals surface area contributed by atoms with Gasteiger partial charge in [-0.1, -0.05) is 0 Å². The maximum absolute atomic E-state index is 12.0. The molecule has 5 heteroatoms. The lowest BCUT2D eigenvalue weighted by atomic mass is 10.1. The summed E-state index contributed by atoms with van der Waals surface area (Å²) in [7, 11) is 0. The van der Waals surface area contributed by atoms with Crippen molar-refractivity contribution in [2.24, 2.45) is 0 Å². The van der Waals surface area contributed by atoms with Crippen LogP contribution in [-0.4, -0.2) is 28.4 Å². The van der Waals surface area contributed by atoms with Gasteiger partial charge in [-0.05, 0) is 46.8 Å². The fourth-order valence-electron chi connectivity index (χ4n) is 1.44. The van der Waals surface area contributed by atoms with Crippen LogP contribution in [-0.2, 0) is 0 Å². The monoisotopic (exact) mass is 263 g/mol. The fraction of sp³-hybridized carbons (Fsp3) is 0.500. The molecule has 0 saturated heterocycles. The third-order valence-corrected chi connectivity index (χ3v) is 2.16. The maximum Gasteiger partial charge on any atom is 0.270 e. The summed E-state index contributed by atoms with van der Waals surface area (Å²) in [6.45, 7) is 9.44. The Morgan fingerprint density at radius 1 is 1.21 bits per heavy atom. The van der Waals surface area contributed by atoms with Gasteiger partial charge in [-0.25, -0.2) is 0 Å². The second-order valence-electron chi connectivity index (χ2n) is 5.76. The van der Waals surface area contributed by atoms with E-state index in [2.05, 4.69) is 15.6 Å². The van der Waals surface area contributed by atoms with Crippen molar-refractivity contribution in [1.82, 2.24) is 15.6 Å². The number of nitrogens with zero attached hydrogens (tertiary/aromatic N) is 1. The van der Waals surface area contributed by atoms with Crippen LogP contribution in [0.5, 0.6) is 0 Å². The summed E-state index contributed by atoms with van der Waals surface area (Å²) >= 11 is 0. The highest BCUT2D eigenvalue weighted by Crippen LogP contribution is 2.06. The topological polar surface area (TPSA) is 71.1 Å². The molecule has 1 heterocycles. The molecule has 1 aromatic rings. The molecule has 0 spiro atoms. The predicted octanol–water partition coefficient (Wildman–Crippen LogP) is 1.75. The van der Waals surface area contributed by atoms with Crippen LogP contribution in [0.15, 0.2) is 18.3 Å². The number of amides is 2. The molecule has 2 amide bonds. The number of nitrogens with one attached hydrogen (secondary N) is 2. The number of hydrogen-bond acceptors (Lipinski definition) is 3. The molecule has 0 aliphatic carbocycles. The first-order valence-electron chi connectivity index (χ1n) is 6.28. The van der Waals surface area contributed by atoms with Gasteiger partial charge < -0.3 is 10.6 Å². The van der Waals surface area contributed by atoms with Crippen molar-refractivity contribution < 1.29 is 9.59 Å². The second kappa shape index (κ2) is 5.82. The van der Waals surface area contributed by atoms with Gasteiger partial charge in [0.2, 0.25) is 0 Å². The van der Waals surface area contributed by atoms with Crippen LogP contribution in [0.4, 0.5) is 0 Å². The van der Waals surface area contributed by atoms with Crippen molar-refractivity contribution in [3.05, 3.63) is 29.6 Å². The number of carbonyl (C=O) groups is 2. The van der Waals surface area contributed by atoms with E-state index in [-0.39, 0.29) is 29.1 Å². The maximum atomic E-state index is 12.0. The van der Waals surface area contributed by atoms with Crippen molar-refractivity contribution in [3.8, 4) is 0 Å². The molecule has 1 rings (SSSR count). The fourth-order valence-corrected chi connectivity index (χ4v) is 1.44. The Balaban J connectivity index is 2.88. The van der Waals surface area contributed by atoms with Crippen LogP contribution < -0.4 is 10.6 Å². The minimum atomic E-state index is -0.319. The van der Waals surface area contributed by atoms with Crippen molar-refractivity contribution in [1.29, 1.82) is 0 Å². The Kier molecular flexibility index (Phi) is 4.64. The average Bonchev–Trinajstić information content (AvgIpc) is 2.26. The first-order valence-corrected chi connectivity index (χ1v) is 6.28. The van der Waals surface area contributed by atoms with Gasteiger partial charge in [-0.15, -0.1) is 0 Å². The molecule has 0 aliphatic heterocycles. The van der Waals surface area contributed by atoms with Crippen molar-refractivity contribution >= 4 is 11.8 Å². The predicted molar refractivity (Wildman–Crippen MR) is 74.1 cm³/mol. The SMILES string of the molecule is CC(C)NC(=O)c1cc(C(=O)NC(C)(C)C)ccn1. The van der Waals surface area contributed by atoms with Crippen LogP contribution in [0, 0.1) is 0 Å². The number of rotatable bonds is 3. The van der Waals surface area contributed by atoms with E-state index in [1.54, 1.807) is 6.07 Å². The Bertz CT molecular complexity index is 476. The lowest BCUT2D eigenvalue weighted by Gasteiger charge is -2.20. The summed E-state index contributed by atoms with van der Waals surface area (Å²) < 4.78 is 0. The number of aromatic nitrogens is 1. The van der Waals surface area contributed by atoms with Gasteiger partial charge in [0.25, 0.3) is 11.8 Å². The summed E-state index contributed by atoms with van der Waals surface area (Å²) in [6.07, 6.45) is 1.47. The summed E-state index contributed by atoms with van der Waals surface area (Å²) in [6, 6.07) is 3.12. The van der Waals surface area contributed by atoms with Crippen LogP contribution in [0.2, 0.25) is 0 Å². The molecular weight excluding hydrogens is 242 g/mol. The van der Waals surface area contributed by atoms with E-state index in [0.717, 1.165) is 0 Å². The van der Waals surface area contributed by atoms with Crippen molar-refractivity contribution in [3.63, 3.8) is 0 Å². The molecule has 19 heavy (non-hydrogen) atoms. The minimum Gasteiger partial charge on any atom is -0.349 e. The molecule has 0 aromatic carbocycles. The van der Waals surface area contributed by atoms with Crippen LogP contribution in [0.25, 0.3) is 0 Å². The number of pyridine rings is 1. The number of carbonyl (C=O) groups excluding carboxylic acids is 2. The molecule has 1 aromatic heterocycles. The minimum absolute atomic E-state index is 0.0290. The zero-order valence-corrected chi connectivity index (χ0v) is 12.1. The molecular formula is C14H21N3O2. The second-order valence-corrected chi connectivity index (χ2v) is 5.76. The van der Waals surface area contributed by atoms with Gasteiger partial charge in [0.05, 0.1) is 0 Å². The quantitative estimate of drug-likeness (QED) is 0.872. The average molecular weight is 263 g/mol. The molecule has 2 N–H and O–H groups in total. The molecule has 0 fully saturated rings. The highest BCUT2D eigenvalue weighted by atomic mass is 16.2. The highest BCUT2D eigenvalue weighted by Gasteiger charge is 2.17. The van der Waals surface area contributed by atoms with E-state index in [1.807, 2.05) is 34.6 Å². The molecule has 0 aliphatic rings. The van der Waals surface area contributed by atoms with E-state index in [1.165, 1.54) is 12.3 Å². The van der Waals surface area contributed by atoms with Gasteiger partial charge >= 0.3 is 0 Å². The third-order valence-electron chi connectivity index (χ3n) is 2.16. The van der Waals surface area contributed by atoms with Gasteiger partial charge in [0.15, 0.2) is 0 Å². The highest BCUT2D eigenvalue weighted by molar-refractivity contribution is 5.98. The summed E-state index contributed by atoms with van der Waals surface area (Å²) in [5, 5.41) is 5.58. The molecule has 0 bridgehead atoms. The largest absolute Gasteiger partial charge is 0.349 e. The lowest BCUT2D eigenvalue weighted by Crippen LogP contribution is -2.40. The molecule has 0 radical (unpaired) electrons. The Morgan fingerprint density at radius 3 is 2.37 bits per heavy atom. The summed E-state index contributed by atoms with van der Waals surface area (Å²) in [5.74, 6) is -0.492. The third kappa shape index (κ3) is 5.07. The Labute approximate surface area is 113 Å². The first kappa shape index (κ1) is 15.1. The molecule has 5 nitrogen and oxygen atoms in total. The van der Waals surface area contributed by atoms with Gasteiger partial charge in [0.1, 0.15) is 5.69 Å². The van der Waals surface area contributed by atoms with Gasteiger partial charge in [0, 0.05) is 23.3 Å². The standard InChI is InChI=1S/C14H21N3O2/c1-9(2)16-13(19)11-8-10(6-7-15-11)12(18)17-14(3,4)5/h6-9H,1-5H3,(H,16,19)(H,17,18). The van der Waals surface area contributed by atoms with E-state index >= 15 is 0 Å². The van der Waals surface area contributed by atoms with E-state index < -0.39 is 0 Å². The van der Waals surface area contributed by atoms with E-state index in [4.69, 9.17) is 0 Å². The molecule has 0 atom stereocenters.